The number of amides is 1. The lowest BCUT2D eigenvalue weighted by Crippen LogP contribution is -2.17. The molecular formula is C20H18N2O. The van der Waals surface area contributed by atoms with E-state index in [4.69, 9.17) is 0 Å². The Morgan fingerprint density at radius 2 is 1.65 bits per heavy atom. The Morgan fingerprint density at radius 3 is 2.52 bits per heavy atom. The zero-order valence-electron chi connectivity index (χ0n) is 12.8. The molecule has 0 aliphatic heterocycles. The first kappa shape index (κ1) is 15.0. The lowest BCUT2D eigenvalue weighted by molar-refractivity contribution is 0.0956. The highest BCUT2D eigenvalue weighted by molar-refractivity contribution is 6.07. The molecule has 1 amide bonds. The highest BCUT2D eigenvalue weighted by Gasteiger charge is 2.07. The van der Waals surface area contributed by atoms with Crippen LogP contribution in [0.1, 0.15) is 22.3 Å². The van der Waals surface area contributed by atoms with Crippen molar-refractivity contribution < 1.29 is 4.79 Å². The van der Waals surface area contributed by atoms with Gasteiger partial charge in [-0.15, -0.1) is 0 Å². The van der Waals surface area contributed by atoms with E-state index in [1.165, 1.54) is 5.56 Å². The van der Waals surface area contributed by atoms with E-state index >= 15 is 0 Å². The summed E-state index contributed by atoms with van der Waals surface area (Å²) in [5, 5.41) is 6.03. The Kier molecular flexibility index (Phi) is 4.79. The molecule has 3 heteroatoms. The van der Waals surface area contributed by atoms with Gasteiger partial charge < -0.3 is 0 Å². The van der Waals surface area contributed by atoms with Gasteiger partial charge in [0.2, 0.25) is 0 Å². The summed E-state index contributed by atoms with van der Waals surface area (Å²) in [6.45, 7) is 0. The second-order valence-electron chi connectivity index (χ2n) is 5.30. The van der Waals surface area contributed by atoms with Crippen LogP contribution in [0.4, 0.5) is 0 Å². The minimum atomic E-state index is -0.183. The van der Waals surface area contributed by atoms with Crippen LogP contribution in [0.2, 0.25) is 0 Å². The molecule has 1 N–H and O–H groups in total. The Hall–Kier alpha value is -2.94. The molecule has 0 aliphatic carbocycles. The molecule has 0 heterocycles. The Morgan fingerprint density at radius 1 is 0.913 bits per heavy atom. The van der Waals surface area contributed by atoms with Crippen LogP contribution in [-0.2, 0) is 6.42 Å². The van der Waals surface area contributed by atoms with E-state index < -0.39 is 0 Å². The molecule has 0 saturated heterocycles. The van der Waals surface area contributed by atoms with Gasteiger partial charge in [-0.3, -0.25) is 4.79 Å². The van der Waals surface area contributed by atoms with E-state index in [1.54, 1.807) is 6.21 Å². The first-order valence-corrected chi connectivity index (χ1v) is 7.68. The number of hydrazone groups is 1. The van der Waals surface area contributed by atoms with Crippen LogP contribution in [0, 0.1) is 0 Å². The van der Waals surface area contributed by atoms with Crippen molar-refractivity contribution in [2.24, 2.45) is 5.10 Å². The van der Waals surface area contributed by atoms with E-state index in [-0.39, 0.29) is 5.91 Å². The van der Waals surface area contributed by atoms with Crippen molar-refractivity contribution in [2.75, 3.05) is 0 Å². The normalized spacial score (nSPS) is 11.0. The largest absolute Gasteiger partial charge is 0.271 e. The monoisotopic (exact) mass is 302 g/mol. The first-order valence-electron chi connectivity index (χ1n) is 7.68. The molecule has 3 rings (SSSR count). The fraction of sp³-hybridized carbons (Fsp3) is 0.100. The molecule has 3 nitrogen and oxygen atoms in total. The third kappa shape index (κ3) is 3.83. The van der Waals surface area contributed by atoms with Crippen molar-refractivity contribution in [2.45, 2.75) is 12.8 Å². The number of rotatable bonds is 5. The van der Waals surface area contributed by atoms with E-state index in [1.807, 2.05) is 60.7 Å². The third-order valence-corrected chi connectivity index (χ3v) is 3.70. The number of hydrogen-bond acceptors (Lipinski definition) is 2. The van der Waals surface area contributed by atoms with Crippen molar-refractivity contribution in [1.29, 1.82) is 0 Å². The summed E-state index contributed by atoms with van der Waals surface area (Å²) < 4.78 is 0. The maximum absolute atomic E-state index is 12.3. The highest BCUT2D eigenvalue weighted by Crippen LogP contribution is 2.18. The van der Waals surface area contributed by atoms with Crippen molar-refractivity contribution >= 4 is 22.9 Å². The second-order valence-corrected chi connectivity index (χ2v) is 5.30. The topological polar surface area (TPSA) is 41.5 Å². The van der Waals surface area contributed by atoms with Crippen LogP contribution in [0.15, 0.2) is 77.9 Å². The van der Waals surface area contributed by atoms with Gasteiger partial charge in [0.25, 0.3) is 5.91 Å². The molecule has 3 aromatic carbocycles. The van der Waals surface area contributed by atoms with Crippen LogP contribution in [0.25, 0.3) is 10.8 Å². The number of carbonyl (C=O) groups excluding carboxylic acids is 1. The summed E-state index contributed by atoms with van der Waals surface area (Å²) in [5.41, 5.74) is 4.51. The highest BCUT2D eigenvalue weighted by atomic mass is 16.2. The molecule has 0 aromatic heterocycles. The molecular weight excluding hydrogens is 284 g/mol. The Bertz CT molecular complexity index is 820. The maximum Gasteiger partial charge on any atom is 0.271 e. The Labute approximate surface area is 135 Å². The van der Waals surface area contributed by atoms with Crippen molar-refractivity contribution in [1.82, 2.24) is 5.43 Å². The Balaban J connectivity index is 1.59. The number of nitrogens with one attached hydrogen (secondary N) is 1. The quantitative estimate of drug-likeness (QED) is 0.557. The average molecular weight is 302 g/mol. The van der Waals surface area contributed by atoms with Crippen LogP contribution < -0.4 is 5.43 Å². The van der Waals surface area contributed by atoms with Crippen molar-refractivity contribution in [3.8, 4) is 0 Å². The summed E-state index contributed by atoms with van der Waals surface area (Å²) in [6, 6.07) is 23.8. The predicted molar refractivity (Wildman–Crippen MR) is 94.7 cm³/mol. The van der Waals surface area contributed by atoms with Gasteiger partial charge in [0.05, 0.1) is 0 Å². The molecule has 0 bridgehead atoms. The molecule has 0 aliphatic rings. The van der Waals surface area contributed by atoms with Crippen molar-refractivity contribution in [3.63, 3.8) is 0 Å². The van der Waals surface area contributed by atoms with Crippen LogP contribution in [-0.4, -0.2) is 12.1 Å². The van der Waals surface area contributed by atoms with E-state index in [9.17, 15) is 4.79 Å². The molecule has 0 atom stereocenters. The fourth-order valence-corrected chi connectivity index (χ4v) is 2.53. The molecule has 114 valence electrons. The number of nitrogens with zero attached hydrogens (tertiary/aromatic N) is 1. The maximum atomic E-state index is 12.3. The summed E-state index contributed by atoms with van der Waals surface area (Å²) in [5.74, 6) is -0.183. The van der Waals surface area contributed by atoms with Gasteiger partial charge in [0.15, 0.2) is 0 Å². The number of aryl methyl sites for hydroxylation is 1. The zero-order chi connectivity index (χ0) is 15.9. The number of hydrogen-bond donors (Lipinski definition) is 1. The summed E-state index contributed by atoms with van der Waals surface area (Å²) in [7, 11) is 0. The number of benzene rings is 3. The number of carbonyl (C=O) groups is 1. The smallest absolute Gasteiger partial charge is 0.267 e. The molecule has 0 unspecified atom stereocenters. The summed E-state index contributed by atoms with van der Waals surface area (Å²) in [4.78, 5) is 12.3. The lowest BCUT2D eigenvalue weighted by Gasteiger charge is -2.04. The van der Waals surface area contributed by atoms with Crippen molar-refractivity contribution in [3.05, 3.63) is 83.9 Å². The molecule has 23 heavy (non-hydrogen) atoms. The van der Waals surface area contributed by atoms with E-state index in [0.717, 1.165) is 23.6 Å². The minimum Gasteiger partial charge on any atom is -0.267 e. The van der Waals surface area contributed by atoms with Gasteiger partial charge in [-0.05, 0) is 35.2 Å². The molecule has 0 spiro atoms. The zero-order valence-corrected chi connectivity index (χ0v) is 12.8. The average Bonchev–Trinajstić information content (AvgIpc) is 2.61. The van der Waals surface area contributed by atoms with Gasteiger partial charge in [-0.25, -0.2) is 5.43 Å². The van der Waals surface area contributed by atoms with Crippen LogP contribution in [0.3, 0.4) is 0 Å². The lowest BCUT2D eigenvalue weighted by atomic mass is 10.0. The van der Waals surface area contributed by atoms with Gasteiger partial charge in [-0.2, -0.15) is 5.10 Å². The second kappa shape index (κ2) is 7.36. The minimum absolute atomic E-state index is 0.183. The number of fused-ring (bicyclic) bond motifs is 1. The van der Waals surface area contributed by atoms with E-state index in [2.05, 4.69) is 22.7 Å². The standard InChI is InChI=1S/C20H18N2O/c23-20(19-14-6-12-17-11-4-5-13-18(17)19)22-21-15-7-10-16-8-2-1-3-9-16/h1-6,8-9,11-15H,7,10H2,(H,22,23). The SMILES string of the molecule is O=C(NN=CCCc1ccccc1)c1cccc2ccccc12. The first-order chi connectivity index (χ1) is 11.3. The summed E-state index contributed by atoms with van der Waals surface area (Å²) >= 11 is 0. The van der Waals surface area contributed by atoms with Crippen LogP contribution >= 0.6 is 0 Å². The predicted octanol–water partition coefficient (Wildman–Crippen LogP) is 4.19. The van der Waals surface area contributed by atoms with E-state index in [0.29, 0.717) is 5.56 Å². The van der Waals surface area contributed by atoms with Gasteiger partial charge in [0.1, 0.15) is 0 Å². The van der Waals surface area contributed by atoms with Gasteiger partial charge in [0, 0.05) is 11.8 Å². The fourth-order valence-electron chi connectivity index (χ4n) is 2.53. The molecule has 0 fully saturated rings. The van der Waals surface area contributed by atoms with Gasteiger partial charge >= 0.3 is 0 Å². The third-order valence-electron chi connectivity index (χ3n) is 3.70. The van der Waals surface area contributed by atoms with Crippen LogP contribution in [0.5, 0.6) is 0 Å². The summed E-state index contributed by atoms with van der Waals surface area (Å²) in [6.07, 6.45) is 3.45. The molecule has 0 radical (unpaired) electrons. The molecule has 3 aromatic rings. The van der Waals surface area contributed by atoms with Gasteiger partial charge in [-0.1, -0.05) is 66.7 Å². The molecule has 0 saturated carbocycles.